The van der Waals surface area contributed by atoms with Gasteiger partial charge in [0, 0.05) is 17.6 Å². The smallest absolute Gasteiger partial charge is 0.230 e. The van der Waals surface area contributed by atoms with Crippen molar-refractivity contribution in [2.75, 3.05) is 26.2 Å². The second-order valence-electron chi connectivity index (χ2n) is 7.60. The molecule has 0 spiro atoms. The number of nitrogens with zero attached hydrogens (tertiary/aromatic N) is 1. The largest absolute Gasteiger partial charge is 0.355 e. The molecule has 3 nitrogen and oxygen atoms in total. The summed E-state index contributed by atoms with van der Waals surface area (Å²) in [6.07, 6.45) is 6.93. The lowest BCUT2D eigenvalue weighted by molar-refractivity contribution is -0.123. The second kappa shape index (κ2) is 8.01. The molecule has 4 heteroatoms. The minimum Gasteiger partial charge on any atom is -0.355 e. The van der Waals surface area contributed by atoms with Gasteiger partial charge < -0.3 is 10.2 Å². The Morgan fingerprint density at radius 1 is 1.29 bits per heavy atom. The van der Waals surface area contributed by atoms with E-state index in [0.29, 0.717) is 0 Å². The molecule has 3 rings (SSSR count). The standard InChI is InChI=1S/C20H29BrN2O/c1-16-5-4-14-23(15-16)13-3-2-12-22-19(24)20(10-11-20)17-6-8-18(21)9-7-17/h6-9,16H,2-5,10-15H2,1H3,(H,22,24)/t16-/m0/s1. The highest BCUT2D eigenvalue weighted by atomic mass is 79.9. The lowest BCUT2D eigenvalue weighted by Crippen LogP contribution is -2.37. The molecule has 1 N–H and O–H groups in total. The van der Waals surface area contributed by atoms with Crippen LogP contribution in [-0.2, 0) is 10.2 Å². The quantitative estimate of drug-likeness (QED) is 0.708. The first-order chi connectivity index (χ1) is 11.6. The third-order valence-electron chi connectivity index (χ3n) is 5.51. The molecule has 24 heavy (non-hydrogen) atoms. The molecule has 0 aromatic heterocycles. The van der Waals surface area contributed by atoms with E-state index < -0.39 is 0 Å². The average Bonchev–Trinajstić information content (AvgIpc) is 3.37. The van der Waals surface area contributed by atoms with Gasteiger partial charge in [0.1, 0.15) is 0 Å². The lowest BCUT2D eigenvalue weighted by atomic mass is 9.95. The molecule has 1 amide bonds. The number of benzene rings is 1. The van der Waals surface area contributed by atoms with E-state index in [2.05, 4.69) is 45.2 Å². The van der Waals surface area contributed by atoms with Gasteiger partial charge in [0.25, 0.3) is 0 Å². The van der Waals surface area contributed by atoms with Crippen LogP contribution >= 0.6 is 15.9 Å². The van der Waals surface area contributed by atoms with Gasteiger partial charge in [0.05, 0.1) is 5.41 Å². The zero-order chi connectivity index (χ0) is 17.0. The number of nitrogens with one attached hydrogen (secondary N) is 1. The zero-order valence-corrected chi connectivity index (χ0v) is 16.3. The predicted octanol–water partition coefficient (Wildman–Crippen LogP) is 4.11. The fraction of sp³-hybridized carbons (Fsp3) is 0.650. The summed E-state index contributed by atoms with van der Waals surface area (Å²) >= 11 is 3.46. The van der Waals surface area contributed by atoms with Crippen LogP contribution in [0.1, 0.15) is 51.0 Å². The Labute approximate surface area is 154 Å². The molecule has 1 aliphatic carbocycles. The topological polar surface area (TPSA) is 32.3 Å². The number of likely N-dealkylation sites (tertiary alicyclic amines) is 1. The fourth-order valence-corrected chi connectivity index (χ4v) is 4.13. The Morgan fingerprint density at radius 2 is 2.04 bits per heavy atom. The number of amides is 1. The van der Waals surface area contributed by atoms with Gasteiger partial charge in [-0.2, -0.15) is 0 Å². The van der Waals surface area contributed by atoms with Crippen LogP contribution in [-0.4, -0.2) is 37.0 Å². The van der Waals surface area contributed by atoms with Crippen molar-refractivity contribution in [3.63, 3.8) is 0 Å². The monoisotopic (exact) mass is 392 g/mol. The molecular weight excluding hydrogens is 364 g/mol. The summed E-state index contributed by atoms with van der Waals surface area (Å²) in [6.45, 7) is 6.84. The SMILES string of the molecule is C[C@H]1CCCN(CCCCNC(=O)C2(c3ccc(Br)cc3)CC2)C1. The van der Waals surface area contributed by atoms with Crippen LogP contribution in [0.25, 0.3) is 0 Å². The molecule has 2 aliphatic rings. The normalized spacial score (nSPS) is 23.0. The first-order valence-electron chi connectivity index (χ1n) is 9.37. The molecule has 1 aliphatic heterocycles. The van der Waals surface area contributed by atoms with Crippen LogP contribution in [0.4, 0.5) is 0 Å². The molecule has 1 atom stereocenters. The van der Waals surface area contributed by atoms with Crippen molar-refractivity contribution in [1.29, 1.82) is 0 Å². The summed E-state index contributed by atoms with van der Waals surface area (Å²) in [6, 6.07) is 8.22. The maximum atomic E-state index is 12.6. The van der Waals surface area contributed by atoms with Crippen molar-refractivity contribution in [3.8, 4) is 0 Å². The molecule has 0 bridgehead atoms. The van der Waals surface area contributed by atoms with Crippen LogP contribution in [0.2, 0.25) is 0 Å². The predicted molar refractivity (Wildman–Crippen MR) is 102 cm³/mol. The Balaban J connectivity index is 1.37. The van der Waals surface area contributed by atoms with E-state index in [1.165, 1.54) is 38.9 Å². The van der Waals surface area contributed by atoms with Crippen molar-refractivity contribution in [2.24, 2.45) is 5.92 Å². The van der Waals surface area contributed by atoms with Gasteiger partial charge in [-0.15, -0.1) is 0 Å². The summed E-state index contributed by atoms with van der Waals surface area (Å²) in [7, 11) is 0. The number of piperidine rings is 1. The number of carbonyl (C=O) groups excluding carboxylic acids is 1. The highest BCUT2D eigenvalue weighted by Crippen LogP contribution is 2.48. The highest BCUT2D eigenvalue weighted by molar-refractivity contribution is 9.10. The number of hydrogen-bond donors (Lipinski definition) is 1. The van der Waals surface area contributed by atoms with E-state index in [1.54, 1.807) is 0 Å². The van der Waals surface area contributed by atoms with E-state index >= 15 is 0 Å². The van der Waals surface area contributed by atoms with Crippen LogP contribution in [0, 0.1) is 5.92 Å². The lowest BCUT2D eigenvalue weighted by Gasteiger charge is -2.30. The van der Waals surface area contributed by atoms with Gasteiger partial charge in [0.15, 0.2) is 0 Å². The van der Waals surface area contributed by atoms with Crippen molar-refractivity contribution < 1.29 is 4.79 Å². The third-order valence-corrected chi connectivity index (χ3v) is 6.04. The minimum absolute atomic E-state index is 0.219. The van der Waals surface area contributed by atoms with Gasteiger partial charge in [0.2, 0.25) is 5.91 Å². The number of rotatable bonds is 7. The summed E-state index contributed by atoms with van der Waals surface area (Å²) in [5, 5.41) is 3.18. The third kappa shape index (κ3) is 4.40. The number of carbonyl (C=O) groups is 1. The molecule has 1 saturated carbocycles. The highest BCUT2D eigenvalue weighted by Gasteiger charge is 2.50. The Kier molecular flexibility index (Phi) is 5.98. The molecule has 2 fully saturated rings. The maximum Gasteiger partial charge on any atom is 0.230 e. The van der Waals surface area contributed by atoms with E-state index in [9.17, 15) is 4.79 Å². The zero-order valence-electron chi connectivity index (χ0n) is 14.7. The van der Waals surface area contributed by atoms with Gasteiger partial charge in [-0.3, -0.25) is 4.79 Å². The van der Waals surface area contributed by atoms with E-state index in [1.807, 2.05) is 12.1 Å². The second-order valence-corrected chi connectivity index (χ2v) is 8.52. The first kappa shape index (κ1) is 17.9. The van der Waals surface area contributed by atoms with Gasteiger partial charge in [-0.05, 0) is 75.2 Å². The van der Waals surface area contributed by atoms with Crippen LogP contribution in [0.3, 0.4) is 0 Å². The summed E-state index contributed by atoms with van der Waals surface area (Å²) in [5.74, 6) is 1.07. The van der Waals surface area contributed by atoms with Gasteiger partial charge in [-0.1, -0.05) is 35.0 Å². The van der Waals surface area contributed by atoms with Crippen molar-refractivity contribution in [3.05, 3.63) is 34.3 Å². The summed E-state index contributed by atoms with van der Waals surface area (Å²) < 4.78 is 1.06. The minimum atomic E-state index is -0.247. The number of hydrogen-bond acceptors (Lipinski definition) is 2. The Hall–Kier alpha value is -0.870. The summed E-state index contributed by atoms with van der Waals surface area (Å²) in [4.78, 5) is 15.2. The number of unbranched alkanes of at least 4 members (excludes halogenated alkanes) is 1. The van der Waals surface area contributed by atoms with E-state index in [-0.39, 0.29) is 11.3 Å². The van der Waals surface area contributed by atoms with Crippen molar-refractivity contribution in [1.82, 2.24) is 10.2 Å². The van der Waals surface area contributed by atoms with Gasteiger partial charge >= 0.3 is 0 Å². The molecule has 1 saturated heterocycles. The average molecular weight is 393 g/mol. The van der Waals surface area contributed by atoms with Crippen LogP contribution < -0.4 is 5.32 Å². The molecule has 0 unspecified atom stereocenters. The van der Waals surface area contributed by atoms with E-state index in [0.717, 1.165) is 41.8 Å². The summed E-state index contributed by atoms with van der Waals surface area (Å²) in [5.41, 5.74) is 0.911. The van der Waals surface area contributed by atoms with E-state index in [4.69, 9.17) is 0 Å². The molecular formula is C20H29BrN2O. The maximum absolute atomic E-state index is 12.6. The molecule has 1 heterocycles. The fourth-order valence-electron chi connectivity index (χ4n) is 3.86. The van der Waals surface area contributed by atoms with Crippen LogP contribution in [0.15, 0.2) is 28.7 Å². The van der Waals surface area contributed by atoms with Crippen molar-refractivity contribution >= 4 is 21.8 Å². The van der Waals surface area contributed by atoms with Crippen molar-refractivity contribution in [2.45, 2.75) is 50.9 Å². The number of halogens is 1. The van der Waals surface area contributed by atoms with Crippen LogP contribution in [0.5, 0.6) is 0 Å². The molecule has 132 valence electrons. The Bertz CT molecular complexity index is 553. The first-order valence-corrected chi connectivity index (χ1v) is 10.2. The molecule has 1 aromatic rings. The molecule has 0 radical (unpaired) electrons. The molecule has 1 aromatic carbocycles. The Morgan fingerprint density at radius 3 is 2.71 bits per heavy atom. The van der Waals surface area contributed by atoms with Gasteiger partial charge in [-0.25, -0.2) is 0 Å².